The molecule has 18 heavy (non-hydrogen) atoms. The maximum Gasteiger partial charge on any atom is 0.0892 e. The van der Waals surface area contributed by atoms with Crippen molar-refractivity contribution in [2.45, 2.75) is 13.0 Å². The van der Waals surface area contributed by atoms with Gasteiger partial charge in [-0.05, 0) is 50.4 Å². The minimum atomic E-state index is -0.131. The molecule has 1 unspecified atom stereocenters. The highest BCUT2D eigenvalue weighted by Gasteiger charge is 2.16. The van der Waals surface area contributed by atoms with Crippen molar-refractivity contribution >= 4 is 31.9 Å². The van der Waals surface area contributed by atoms with Crippen molar-refractivity contribution in [3.05, 3.63) is 62.3 Å². The quantitative estimate of drug-likeness (QED) is 0.642. The fourth-order valence-corrected chi connectivity index (χ4v) is 2.95. The monoisotopic (exact) mass is 369 g/mol. The van der Waals surface area contributed by atoms with Crippen molar-refractivity contribution in [3.63, 3.8) is 0 Å². The molecule has 0 saturated heterocycles. The van der Waals surface area contributed by atoms with Crippen molar-refractivity contribution in [2.24, 2.45) is 5.84 Å². The fraction of sp³-hybridized carbons (Fsp3) is 0.154. The van der Waals surface area contributed by atoms with Gasteiger partial charge >= 0.3 is 0 Å². The zero-order chi connectivity index (χ0) is 13.1. The van der Waals surface area contributed by atoms with E-state index in [0.717, 1.165) is 20.2 Å². The van der Waals surface area contributed by atoms with Crippen LogP contribution in [-0.4, -0.2) is 4.98 Å². The molecule has 0 amide bonds. The summed E-state index contributed by atoms with van der Waals surface area (Å²) in [5, 5.41) is 0. The highest BCUT2D eigenvalue weighted by atomic mass is 79.9. The summed E-state index contributed by atoms with van der Waals surface area (Å²) in [4.78, 5) is 4.41. The number of rotatable bonds is 3. The predicted octanol–water partition coefficient (Wildman–Crippen LogP) is 3.47. The number of pyridine rings is 1. The minimum Gasteiger partial charge on any atom is -0.271 e. The van der Waals surface area contributed by atoms with Crippen LogP contribution in [-0.2, 0) is 0 Å². The van der Waals surface area contributed by atoms with Crippen LogP contribution in [0.2, 0.25) is 0 Å². The number of hydrogen-bond acceptors (Lipinski definition) is 3. The average molecular weight is 371 g/mol. The van der Waals surface area contributed by atoms with E-state index in [2.05, 4.69) is 73.5 Å². The first kappa shape index (κ1) is 13.7. The Balaban J connectivity index is 2.41. The second kappa shape index (κ2) is 5.93. The van der Waals surface area contributed by atoms with Crippen molar-refractivity contribution < 1.29 is 0 Å². The maximum absolute atomic E-state index is 5.66. The second-order valence-electron chi connectivity index (χ2n) is 4.03. The van der Waals surface area contributed by atoms with Crippen LogP contribution < -0.4 is 11.3 Å². The van der Waals surface area contributed by atoms with E-state index in [9.17, 15) is 0 Å². The lowest BCUT2D eigenvalue weighted by Crippen LogP contribution is -2.29. The molecule has 0 saturated carbocycles. The van der Waals surface area contributed by atoms with Gasteiger partial charge < -0.3 is 0 Å². The van der Waals surface area contributed by atoms with E-state index in [4.69, 9.17) is 5.84 Å². The molecular formula is C13H13Br2N3. The third kappa shape index (κ3) is 2.98. The molecule has 2 aromatic rings. The molecule has 1 atom stereocenters. The lowest BCUT2D eigenvalue weighted by molar-refractivity contribution is 0.617. The van der Waals surface area contributed by atoms with Crippen LogP contribution in [0.15, 0.2) is 45.5 Å². The van der Waals surface area contributed by atoms with Crippen molar-refractivity contribution in [3.8, 4) is 0 Å². The van der Waals surface area contributed by atoms with Gasteiger partial charge in [-0.25, -0.2) is 5.43 Å². The second-order valence-corrected chi connectivity index (χ2v) is 5.80. The molecule has 1 aromatic heterocycles. The van der Waals surface area contributed by atoms with Crippen molar-refractivity contribution in [1.82, 2.24) is 10.4 Å². The zero-order valence-electron chi connectivity index (χ0n) is 9.82. The smallest absolute Gasteiger partial charge is 0.0892 e. The van der Waals surface area contributed by atoms with Gasteiger partial charge in [-0.2, -0.15) is 0 Å². The summed E-state index contributed by atoms with van der Waals surface area (Å²) in [6, 6.07) is 10.1. The molecule has 1 aromatic carbocycles. The molecule has 0 aliphatic heterocycles. The first-order valence-corrected chi connectivity index (χ1v) is 7.04. The summed E-state index contributed by atoms with van der Waals surface area (Å²) in [6.07, 6.45) is 1.76. The first-order valence-electron chi connectivity index (χ1n) is 5.45. The van der Waals surface area contributed by atoms with Gasteiger partial charge in [-0.15, -0.1) is 0 Å². The fourth-order valence-electron chi connectivity index (χ4n) is 1.73. The number of halogens is 2. The van der Waals surface area contributed by atoms with Crippen LogP contribution >= 0.6 is 31.9 Å². The first-order chi connectivity index (χ1) is 8.61. The number of aryl methyl sites for hydroxylation is 1. The summed E-state index contributed by atoms with van der Waals surface area (Å²) in [5.74, 6) is 5.66. The molecule has 0 aliphatic carbocycles. The third-order valence-electron chi connectivity index (χ3n) is 2.69. The van der Waals surface area contributed by atoms with E-state index in [1.54, 1.807) is 6.20 Å². The molecule has 3 N–H and O–H groups in total. The molecule has 0 spiro atoms. The number of benzene rings is 1. The van der Waals surface area contributed by atoms with E-state index >= 15 is 0 Å². The van der Waals surface area contributed by atoms with E-state index < -0.39 is 0 Å². The normalized spacial score (nSPS) is 12.4. The highest BCUT2D eigenvalue weighted by molar-refractivity contribution is 9.11. The zero-order valence-corrected chi connectivity index (χ0v) is 13.0. The Morgan fingerprint density at radius 1 is 1.22 bits per heavy atom. The number of hydrazine groups is 1. The largest absolute Gasteiger partial charge is 0.271 e. The summed E-state index contributed by atoms with van der Waals surface area (Å²) < 4.78 is 1.85. The molecule has 0 fully saturated rings. The molecule has 0 aliphatic rings. The molecule has 94 valence electrons. The minimum absolute atomic E-state index is 0.131. The van der Waals surface area contributed by atoms with Gasteiger partial charge in [0.2, 0.25) is 0 Å². The van der Waals surface area contributed by atoms with E-state index in [0.29, 0.717) is 0 Å². The Hall–Kier alpha value is -0.750. The van der Waals surface area contributed by atoms with Gasteiger partial charge in [0.1, 0.15) is 0 Å². The Bertz CT molecular complexity index is 540. The summed E-state index contributed by atoms with van der Waals surface area (Å²) in [5.41, 5.74) is 5.97. The maximum atomic E-state index is 5.66. The van der Waals surface area contributed by atoms with E-state index in [1.807, 2.05) is 6.07 Å². The average Bonchev–Trinajstić information content (AvgIpc) is 2.35. The molecule has 0 radical (unpaired) electrons. The summed E-state index contributed by atoms with van der Waals surface area (Å²) in [6.45, 7) is 2.06. The van der Waals surface area contributed by atoms with Crippen molar-refractivity contribution in [1.29, 1.82) is 0 Å². The van der Waals surface area contributed by atoms with Crippen LogP contribution in [0.3, 0.4) is 0 Å². The Morgan fingerprint density at radius 3 is 2.44 bits per heavy atom. The van der Waals surface area contributed by atoms with Gasteiger partial charge in [-0.3, -0.25) is 10.8 Å². The van der Waals surface area contributed by atoms with Crippen LogP contribution in [0, 0.1) is 6.92 Å². The number of hydrogen-bond donors (Lipinski definition) is 2. The number of nitrogens with two attached hydrogens (primary N) is 1. The number of nitrogens with one attached hydrogen (secondary N) is 1. The lowest BCUT2D eigenvalue weighted by atomic mass is 10.0. The van der Waals surface area contributed by atoms with Crippen LogP contribution in [0.1, 0.15) is 22.9 Å². The lowest BCUT2D eigenvalue weighted by Gasteiger charge is -2.17. The molecule has 2 rings (SSSR count). The summed E-state index contributed by atoms with van der Waals surface area (Å²) >= 11 is 6.90. The molecular weight excluding hydrogens is 358 g/mol. The predicted molar refractivity (Wildman–Crippen MR) is 80.0 cm³/mol. The SMILES string of the molecule is Cc1ccc(C(NN)c2ncc(Br)cc2Br)cc1. The topological polar surface area (TPSA) is 50.9 Å². The molecule has 5 heteroatoms. The van der Waals surface area contributed by atoms with Crippen LogP contribution in [0.25, 0.3) is 0 Å². The standard InChI is InChI=1S/C13H13Br2N3/c1-8-2-4-9(5-3-8)12(18-16)13-11(15)6-10(14)7-17-13/h2-7,12,18H,16H2,1H3. The molecule has 0 bridgehead atoms. The van der Waals surface area contributed by atoms with Crippen LogP contribution in [0.5, 0.6) is 0 Å². The van der Waals surface area contributed by atoms with Crippen molar-refractivity contribution in [2.75, 3.05) is 0 Å². The van der Waals surface area contributed by atoms with E-state index in [-0.39, 0.29) is 6.04 Å². The number of aromatic nitrogens is 1. The van der Waals surface area contributed by atoms with Gasteiger partial charge in [-0.1, -0.05) is 29.8 Å². The van der Waals surface area contributed by atoms with Crippen LogP contribution in [0.4, 0.5) is 0 Å². The molecule has 1 heterocycles. The third-order valence-corrected chi connectivity index (χ3v) is 3.76. The Labute approximate surface area is 123 Å². The Morgan fingerprint density at radius 2 is 1.89 bits per heavy atom. The van der Waals surface area contributed by atoms with Gasteiger partial charge in [0, 0.05) is 15.1 Å². The summed E-state index contributed by atoms with van der Waals surface area (Å²) in [7, 11) is 0. The highest BCUT2D eigenvalue weighted by Crippen LogP contribution is 2.28. The molecule has 3 nitrogen and oxygen atoms in total. The van der Waals surface area contributed by atoms with Gasteiger partial charge in [0.05, 0.1) is 11.7 Å². The van der Waals surface area contributed by atoms with Gasteiger partial charge in [0.15, 0.2) is 0 Å². The van der Waals surface area contributed by atoms with Gasteiger partial charge in [0.25, 0.3) is 0 Å². The number of nitrogens with zero attached hydrogens (tertiary/aromatic N) is 1. The Kier molecular flexibility index (Phi) is 4.50. The van der Waals surface area contributed by atoms with E-state index in [1.165, 1.54) is 5.56 Å².